The molecule has 4 rings (SSSR count). The second kappa shape index (κ2) is 11.1. The molecular weight excluding hydrogens is 378 g/mol. The van der Waals surface area contributed by atoms with E-state index >= 15 is 0 Å². The summed E-state index contributed by atoms with van der Waals surface area (Å²) >= 11 is 0. The van der Waals surface area contributed by atoms with Gasteiger partial charge in [0.05, 0.1) is 0 Å². The van der Waals surface area contributed by atoms with Crippen molar-refractivity contribution in [2.24, 2.45) is 0 Å². The van der Waals surface area contributed by atoms with Gasteiger partial charge in [0.1, 0.15) is 12.4 Å². The van der Waals surface area contributed by atoms with Gasteiger partial charge in [-0.25, -0.2) is 0 Å². The molecule has 0 aliphatic heterocycles. The fourth-order valence-corrected chi connectivity index (χ4v) is 3.75. The molecule has 156 valence electrons. The first kappa shape index (κ1) is 20.9. The number of nitrogens with one attached hydrogen (secondary N) is 1. The van der Waals surface area contributed by atoms with E-state index < -0.39 is 0 Å². The molecule has 2 nitrogen and oxygen atoms in total. The molecule has 1 N–H and O–H groups in total. The molecule has 0 fully saturated rings. The van der Waals surface area contributed by atoms with Crippen LogP contribution in [0.15, 0.2) is 115 Å². The van der Waals surface area contributed by atoms with E-state index in [1.54, 1.807) is 0 Å². The normalized spacial score (nSPS) is 11.7. The van der Waals surface area contributed by atoms with E-state index in [2.05, 4.69) is 96.3 Å². The fourth-order valence-electron chi connectivity index (χ4n) is 3.75. The van der Waals surface area contributed by atoms with Gasteiger partial charge in [0, 0.05) is 12.6 Å². The summed E-state index contributed by atoms with van der Waals surface area (Å²) in [6.45, 7) is 1.39. The van der Waals surface area contributed by atoms with Crippen molar-refractivity contribution < 1.29 is 4.74 Å². The third kappa shape index (κ3) is 6.56. The summed E-state index contributed by atoms with van der Waals surface area (Å²) in [5.74, 6) is 0.906. The van der Waals surface area contributed by atoms with Crippen molar-refractivity contribution in [2.75, 3.05) is 0 Å². The average molecular weight is 408 g/mol. The molecule has 0 amide bonds. The zero-order valence-electron chi connectivity index (χ0n) is 17.8. The fraction of sp³-hybridized carbons (Fsp3) is 0.172. The van der Waals surface area contributed by atoms with E-state index in [-0.39, 0.29) is 0 Å². The van der Waals surface area contributed by atoms with Crippen LogP contribution in [0.25, 0.3) is 0 Å². The van der Waals surface area contributed by atoms with Crippen LogP contribution in [0.3, 0.4) is 0 Å². The lowest BCUT2D eigenvalue weighted by atomic mass is 9.98. The number of benzene rings is 4. The second-order valence-corrected chi connectivity index (χ2v) is 7.79. The standard InChI is InChI=1S/C29H29NO/c1-4-11-24(12-5-1)19-20-29(27-16-8-3-9-17-27)30-22-26-15-10-18-28(21-26)31-23-25-13-6-2-7-14-25/h1-18,21,29-30H,19-20,22-23H2. The molecule has 0 aliphatic carbocycles. The maximum absolute atomic E-state index is 6.00. The molecule has 0 spiro atoms. The molecule has 0 saturated heterocycles. The largest absolute Gasteiger partial charge is 0.489 e. The molecule has 0 radical (unpaired) electrons. The molecule has 4 aromatic carbocycles. The van der Waals surface area contributed by atoms with Gasteiger partial charge in [-0.15, -0.1) is 0 Å². The van der Waals surface area contributed by atoms with Gasteiger partial charge in [-0.2, -0.15) is 0 Å². The lowest BCUT2D eigenvalue weighted by Crippen LogP contribution is -2.21. The minimum Gasteiger partial charge on any atom is -0.489 e. The number of hydrogen-bond acceptors (Lipinski definition) is 2. The van der Waals surface area contributed by atoms with Crippen molar-refractivity contribution in [2.45, 2.75) is 32.0 Å². The maximum Gasteiger partial charge on any atom is 0.120 e. The summed E-state index contributed by atoms with van der Waals surface area (Å²) in [5.41, 5.74) is 5.11. The molecule has 0 aromatic heterocycles. The Morgan fingerprint density at radius 1 is 0.613 bits per heavy atom. The Labute approximate surface area is 185 Å². The van der Waals surface area contributed by atoms with E-state index in [0.29, 0.717) is 12.6 Å². The Kier molecular flexibility index (Phi) is 7.51. The smallest absolute Gasteiger partial charge is 0.120 e. The van der Waals surface area contributed by atoms with Gasteiger partial charge in [-0.3, -0.25) is 0 Å². The Morgan fingerprint density at radius 2 is 1.23 bits per heavy atom. The second-order valence-electron chi connectivity index (χ2n) is 7.79. The van der Waals surface area contributed by atoms with E-state index in [9.17, 15) is 0 Å². The van der Waals surface area contributed by atoms with E-state index in [1.807, 2.05) is 24.3 Å². The molecule has 1 atom stereocenters. The van der Waals surface area contributed by atoms with Crippen molar-refractivity contribution in [1.82, 2.24) is 5.32 Å². The molecule has 0 heterocycles. The van der Waals surface area contributed by atoms with Crippen LogP contribution in [0.1, 0.15) is 34.7 Å². The van der Waals surface area contributed by atoms with E-state index in [4.69, 9.17) is 4.74 Å². The molecule has 2 heteroatoms. The van der Waals surface area contributed by atoms with Crippen molar-refractivity contribution >= 4 is 0 Å². The van der Waals surface area contributed by atoms with Gasteiger partial charge in [-0.1, -0.05) is 103 Å². The Hall–Kier alpha value is -3.36. The Balaban J connectivity index is 1.38. The first-order chi connectivity index (χ1) is 15.4. The third-order valence-electron chi connectivity index (χ3n) is 5.47. The van der Waals surface area contributed by atoms with Crippen LogP contribution in [-0.4, -0.2) is 0 Å². The summed E-state index contributed by atoms with van der Waals surface area (Å²) in [5, 5.41) is 3.77. The minimum atomic E-state index is 0.301. The zero-order valence-corrected chi connectivity index (χ0v) is 17.8. The summed E-state index contributed by atoms with van der Waals surface area (Å²) in [6.07, 6.45) is 2.10. The first-order valence-corrected chi connectivity index (χ1v) is 10.9. The Bertz CT molecular complexity index is 1030. The van der Waals surface area contributed by atoms with Crippen LogP contribution in [-0.2, 0) is 19.6 Å². The topological polar surface area (TPSA) is 21.3 Å². The number of hydrogen-bond donors (Lipinski definition) is 1. The number of rotatable bonds is 10. The van der Waals surface area contributed by atoms with Crippen LogP contribution < -0.4 is 10.1 Å². The minimum absolute atomic E-state index is 0.301. The van der Waals surface area contributed by atoms with Gasteiger partial charge in [0.15, 0.2) is 0 Å². The van der Waals surface area contributed by atoms with Crippen LogP contribution in [0, 0.1) is 0 Å². The first-order valence-electron chi connectivity index (χ1n) is 10.9. The van der Waals surface area contributed by atoms with Crippen LogP contribution in [0.2, 0.25) is 0 Å². The monoisotopic (exact) mass is 407 g/mol. The van der Waals surface area contributed by atoms with Gasteiger partial charge in [0.25, 0.3) is 0 Å². The van der Waals surface area contributed by atoms with Crippen LogP contribution >= 0.6 is 0 Å². The van der Waals surface area contributed by atoms with E-state index in [1.165, 1.54) is 22.3 Å². The highest BCUT2D eigenvalue weighted by atomic mass is 16.5. The highest BCUT2D eigenvalue weighted by molar-refractivity contribution is 5.29. The maximum atomic E-state index is 6.00. The molecule has 31 heavy (non-hydrogen) atoms. The highest BCUT2D eigenvalue weighted by Gasteiger charge is 2.11. The molecule has 0 aliphatic rings. The third-order valence-corrected chi connectivity index (χ3v) is 5.47. The summed E-state index contributed by atoms with van der Waals surface area (Å²) < 4.78 is 6.00. The Morgan fingerprint density at radius 3 is 1.94 bits per heavy atom. The van der Waals surface area contributed by atoms with Crippen molar-refractivity contribution in [3.05, 3.63) is 138 Å². The SMILES string of the molecule is c1ccc(CCC(NCc2cccc(OCc3ccccc3)c2)c2ccccc2)cc1. The van der Waals surface area contributed by atoms with Gasteiger partial charge in [-0.05, 0) is 47.2 Å². The summed E-state index contributed by atoms with van der Waals surface area (Å²) in [4.78, 5) is 0. The quantitative estimate of drug-likeness (QED) is 0.315. The highest BCUT2D eigenvalue weighted by Crippen LogP contribution is 2.21. The van der Waals surface area contributed by atoms with Crippen molar-refractivity contribution in [3.63, 3.8) is 0 Å². The van der Waals surface area contributed by atoms with Gasteiger partial charge >= 0.3 is 0 Å². The van der Waals surface area contributed by atoms with Crippen LogP contribution in [0.4, 0.5) is 0 Å². The lowest BCUT2D eigenvalue weighted by Gasteiger charge is -2.20. The molecule has 4 aromatic rings. The zero-order chi connectivity index (χ0) is 21.1. The number of aryl methyl sites for hydroxylation is 1. The molecule has 1 unspecified atom stereocenters. The van der Waals surface area contributed by atoms with Gasteiger partial charge in [0.2, 0.25) is 0 Å². The molecular formula is C29H29NO. The van der Waals surface area contributed by atoms with Crippen molar-refractivity contribution in [1.29, 1.82) is 0 Å². The molecule has 0 saturated carbocycles. The lowest BCUT2D eigenvalue weighted by molar-refractivity contribution is 0.306. The van der Waals surface area contributed by atoms with Gasteiger partial charge < -0.3 is 10.1 Å². The van der Waals surface area contributed by atoms with E-state index in [0.717, 1.165) is 25.1 Å². The van der Waals surface area contributed by atoms with Crippen LogP contribution in [0.5, 0.6) is 5.75 Å². The number of ether oxygens (including phenoxy) is 1. The summed E-state index contributed by atoms with van der Waals surface area (Å²) in [6, 6.07) is 40.4. The predicted molar refractivity (Wildman–Crippen MR) is 128 cm³/mol. The molecule has 0 bridgehead atoms. The predicted octanol–water partition coefficient (Wildman–Crippen LogP) is 6.73. The average Bonchev–Trinajstić information content (AvgIpc) is 2.85. The summed E-state index contributed by atoms with van der Waals surface area (Å²) in [7, 11) is 0. The van der Waals surface area contributed by atoms with Crippen molar-refractivity contribution in [3.8, 4) is 5.75 Å².